The molecule has 3 N–H and O–H groups in total. The maximum atomic E-state index is 12.9. The van der Waals surface area contributed by atoms with Crippen molar-refractivity contribution in [3.8, 4) is 0 Å². The van der Waals surface area contributed by atoms with Gasteiger partial charge in [0, 0.05) is 12.8 Å². The van der Waals surface area contributed by atoms with Gasteiger partial charge in [0.2, 0.25) is 5.91 Å². The number of esters is 2. The predicted molar refractivity (Wildman–Crippen MR) is 134 cm³/mol. The van der Waals surface area contributed by atoms with E-state index in [9.17, 15) is 14.4 Å². The van der Waals surface area contributed by atoms with E-state index >= 15 is 0 Å². The first-order valence-corrected chi connectivity index (χ1v) is 12.2. The summed E-state index contributed by atoms with van der Waals surface area (Å²) in [6, 6.07) is 6.25. The van der Waals surface area contributed by atoms with Crippen LogP contribution in [0.5, 0.6) is 0 Å². The lowest BCUT2D eigenvalue weighted by Crippen LogP contribution is -2.51. The molecule has 0 unspecified atom stereocenters. The highest BCUT2D eigenvalue weighted by Crippen LogP contribution is 2.24. The minimum Gasteiger partial charge on any atom is -0.460 e. The van der Waals surface area contributed by atoms with Gasteiger partial charge in [-0.05, 0) is 77.8 Å². The Balaban J connectivity index is 2.95. The SMILES string of the molecule is CCC(CC)c1cccc(C[C@H](NC(=O)[C@@H](N)CCC(=O)OC(C)(C)C)C(=O)OC(C)(C)C)c1. The Morgan fingerprint density at radius 1 is 0.971 bits per heavy atom. The first-order chi connectivity index (χ1) is 15.6. The molecule has 7 heteroatoms. The van der Waals surface area contributed by atoms with E-state index < -0.39 is 41.1 Å². The van der Waals surface area contributed by atoms with Gasteiger partial charge >= 0.3 is 11.9 Å². The molecular weight excluding hydrogens is 432 g/mol. The fraction of sp³-hybridized carbons (Fsp3) is 0.667. The van der Waals surface area contributed by atoms with Crippen molar-refractivity contribution in [2.24, 2.45) is 5.73 Å². The number of benzene rings is 1. The van der Waals surface area contributed by atoms with Gasteiger partial charge in [0.1, 0.15) is 17.2 Å². The zero-order valence-electron chi connectivity index (χ0n) is 22.2. The van der Waals surface area contributed by atoms with Crippen LogP contribution in [0.25, 0.3) is 0 Å². The summed E-state index contributed by atoms with van der Waals surface area (Å²) in [5.74, 6) is -1.00. The molecule has 1 amide bonds. The lowest BCUT2D eigenvalue weighted by Gasteiger charge is -2.26. The molecule has 1 rings (SSSR count). The summed E-state index contributed by atoms with van der Waals surface area (Å²) in [5.41, 5.74) is 6.87. The second-order valence-corrected chi connectivity index (χ2v) is 10.8. The quantitative estimate of drug-likeness (QED) is 0.458. The summed E-state index contributed by atoms with van der Waals surface area (Å²) >= 11 is 0. The molecule has 0 fully saturated rings. The molecule has 1 aromatic carbocycles. The molecule has 1 aromatic rings. The van der Waals surface area contributed by atoms with Crippen LogP contribution < -0.4 is 11.1 Å². The lowest BCUT2D eigenvalue weighted by atomic mass is 9.91. The third kappa shape index (κ3) is 11.1. The largest absolute Gasteiger partial charge is 0.460 e. The van der Waals surface area contributed by atoms with Crippen LogP contribution in [0, 0.1) is 0 Å². The normalized spacial score (nSPS) is 13.8. The molecule has 2 atom stereocenters. The van der Waals surface area contributed by atoms with Crippen LogP contribution in [0.1, 0.15) is 98.1 Å². The van der Waals surface area contributed by atoms with E-state index in [1.54, 1.807) is 41.5 Å². The molecule has 0 aliphatic heterocycles. The highest BCUT2D eigenvalue weighted by atomic mass is 16.6. The molecule has 0 aromatic heterocycles. The van der Waals surface area contributed by atoms with Gasteiger partial charge in [-0.2, -0.15) is 0 Å². The minimum absolute atomic E-state index is 0.0143. The molecular formula is C27H44N2O5. The van der Waals surface area contributed by atoms with Crippen molar-refractivity contribution >= 4 is 17.8 Å². The fourth-order valence-corrected chi connectivity index (χ4v) is 3.61. The Hall–Kier alpha value is -2.41. The van der Waals surface area contributed by atoms with Crippen LogP contribution >= 0.6 is 0 Å². The Morgan fingerprint density at radius 2 is 1.56 bits per heavy atom. The summed E-state index contributed by atoms with van der Waals surface area (Å²) in [4.78, 5) is 37.7. The molecule has 0 heterocycles. The first-order valence-electron chi connectivity index (χ1n) is 12.2. The number of ether oxygens (including phenoxy) is 2. The van der Waals surface area contributed by atoms with Gasteiger partial charge in [-0.3, -0.25) is 9.59 Å². The highest BCUT2D eigenvalue weighted by molar-refractivity contribution is 5.88. The van der Waals surface area contributed by atoms with Gasteiger partial charge in [0.15, 0.2) is 0 Å². The Morgan fingerprint density at radius 3 is 2.09 bits per heavy atom. The first kappa shape index (κ1) is 29.6. The van der Waals surface area contributed by atoms with Crippen molar-refractivity contribution in [2.45, 2.75) is 117 Å². The molecule has 0 spiro atoms. The van der Waals surface area contributed by atoms with Crippen LogP contribution in [0.15, 0.2) is 24.3 Å². The minimum atomic E-state index is -0.951. The standard InChI is InChI=1S/C27H44N2O5/c1-9-19(10-2)20-13-11-12-18(16-20)17-22(25(32)34-27(6,7)8)29-24(31)21(28)14-15-23(30)33-26(3,4)5/h11-13,16,19,21-22H,9-10,14-15,17,28H2,1-8H3,(H,29,31)/t21-,22-/m0/s1. The molecule has 0 aliphatic carbocycles. The molecule has 0 radical (unpaired) electrons. The molecule has 7 nitrogen and oxygen atoms in total. The number of hydrogen-bond donors (Lipinski definition) is 2. The average Bonchev–Trinajstić information content (AvgIpc) is 2.70. The number of nitrogens with two attached hydrogens (primary N) is 1. The van der Waals surface area contributed by atoms with Crippen LogP contribution in [0.4, 0.5) is 0 Å². The number of amides is 1. The summed E-state index contributed by atoms with van der Waals surface area (Å²) < 4.78 is 10.8. The molecule has 0 aliphatic rings. The Labute approximate surface area is 205 Å². The molecule has 0 saturated heterocycles. The summed E-state index contributed by atoms with van der Waals surface area (Å²) in [5, 5.41) is 2.75. The van der Waals surface area contributed by atoms with Crippen molar-refractivity contribution in [1.82, 2.24) is 5.32 Å². The van der Waals surface area contributed by atoms with Crippen LogP contribution in [0.2, 0.25) is 0 Å². The zero-order chi connectivity index (χ0) is 26.1. The number of carbonyl (C=O) groups excluding carboxylic acids is 3. The van der Waals surface area contributed by atoms with Crippen molar-refractivity contribution < 1.29 is 23.9 Å². The highest BCUT2D eigenvalue weighted by Gasteiger charge is 2.29. The maximum Gasteiger partial charge on any atom is 0.329 e. The van der Waals surface area contributed by atoms with E-state index in [1.807, 2.05) is 12.1 Å². The van der Waals surface area contributed by atoms with E-state index in [0.29, 0.717) is 5.92 Å². The second-order valence-electron chi connectivity index (χ2n) is 10.8. The predicted octanol–water partition coefficient (Wildman–Crippen LogP) is 4.41. The summed E-state index contributed by atoms with van der Waals surface area (Å²) in [6.45, 7) is 15.0. The maximum absolute atomic E-state index is 12.9. The smallest absolute Gasteiger partial charge is 0.329 e. The number of hydrogen-bond acceptors (Lipinski definition) is 6. The van der Waals surface area contributed by atoms with Gasteiger partial charge in [0.25, 0.3) is 0 Å². The van der Waals surface area contributed by atoms with E-state index in [1.165, 1.54) is 5.56 Å². The Bertz CT molecular complexity index is 819. The van der Waals surface area contributed by atoms with Gasteiger partial charge in [-0.15, -0.1) is 0 Å². The van der Waals surface area contributed by atoms with E-state index in [-0.39, 0.29) is 19.3 Å². The number of nitrogens with one attached hydrogen (secondary N) is 1. The van der Waals surface area contributed by atoms with Gasteiger partial charge in [-0.25, -0.2) is 4.79 Å². The second kappa shape index (κ2) is 12.9. The molecule has 34 heavy (non-hydrogen) atoms. The molecule has 192 valence electrons. The van der Waals surface area contributed by atoms with E-state index in [2.05, 4.69) is 31.3 Å². The third-order valence-electron chi connectivity index (χ3n) is 5.27. The van der Waals surface area contributed by atoms with Crippen LogP contribution in [-0.2, 0) is 30.3 Å². The van der Waals surface area contributed by atoms with Crippen LogP contribution in [0.3, 0.4) is 0 Å². The van der Waals surface area contributed by atoms with Gasteiger partial charge in [-0.1, -0.05) is 38.1 Å². The summed E-state index contributed by atoms with van der Waals surface area (Å²) in [6.07, 6.45) is 2.47. The van der Waals surface area contributed by atoms with Gasteiger partial charge in [0.05, 0.1) is 6.04 Å². The van der Waals surface area contributed by atoms with Crippen molar-refractivity contribution in [3.05, 3.63) is 35.4 Å². The Kier molecular flexibility index (Phi) is 11.2. The molecule has 0 bridgehead atoms. The van der Waals surface area contributed by atoms with Crippen molar-refractivity contribution in [1.29, 1.82) is 0 Å². The third-order valence-corrected chi connectivity index (χ3v) is 5.27. The van der Waals surface area contributed by atoms with E-state index in [4.69, 9.17) is 15.2 Å². The zero-order valence-corrected chi connectivity index (χ0v) is 22.2. The van der Waals surface area contributed by atoms with Crippen LogP contribution in [-0.4, -0.2) is 41.1 Å². The number of carbonyl (C=O) groups is 3. The fourth-order valence-electron chi connectivity index (χ4n) is 3.61. The summed E-state index contributed by atoms with van der Waals surface area (Å²) in [7, 11) is 0. The lowest BCUT2D eigenvalue weighted by molar-refractivity contribution is -0.159. The molecule has 0 saturated carbocycles. The monoisotopic (exact) mass is 476 g/mol. The number of rotatable bonds is 11. The van der Waals surface area contributed by atoms with Crippen molar-refractivity contribution in [2.75, 3.05) is 0 Å². The van der Waals surface area contributed by atoms with E-state index in [0.717, 1.165) is 18.4 Å². The topological polar surface area (TPSA) is 108 Å². The van der Waals surface area contributed by atoms with Crippen molar-refractivity contribution in [3.63, 3.8) is 0 Å². The van der Waals surface area contributed by atoms with Gasteiger partial charge < -0.3 is 20.5 Å². The average molecular weight is 477 g/mol.